The van der Waals surface area contributed by atoms with Crippen molar-refractivity contribution in [1.29, 1.82) is 0 Å². The first kappa shape index (κ1) is 25.5. The Balaban J connectivity index is 1.53. The van der Waals surface area contributed by atoms with Gasteiger partial charge < -0.3 is 5.11 Å². The minimum atomic E-state index is -4.57. The minimum Gasteiger partial charge on any atom is -0.392 e. The van der Waals surface area contributed by atoms with Crippen LogP contribution in [-0.2, 0) is 17.8 Å². The molecule has 0 saturated heterocycles. The third-order valence-corrected chi connectivity index (χ3v) is 6.03. The molecule has 9 heteroatoms. The molecular formula is C27H23F5N2O2. The molecule has 0 aromatic heterocycles. The van der Waals surface area contributed by atoms with Gasteiger partial charge in [0.15, 0.2) is 0 Å². The fraction of sp³-hybridized carbons (Fsp3) is 0.259. The third kappa shape index (κ3) is 5.62. The van der Waals surface area contributed by atoms with Crippen molar-refractivity contribution in [3.8, 4) is 11.1 Å². The zero-order chi connectivity index (χ0) is 26.0. The molecule has 1 unspecified atom stereocenters. The van der Waals surface area contributed by atoms with Gasteiger partial charge in [0.25, 0.3) is 0 Å². The van der Waals surface area contributed by atoms with Gasteiger partial charge in [-0.25, -0.2) is 8.78 Å². The number of benzene rings is 3. The highest BCUT2D eigenvalue weighted by Crippen LogP contribution is 2.33. The maximum absolute atomic E-state index is 14.9. The van der Waals surface area contributed by atoms with Gasteiger partial charge >= 0.3 is 6.18 Å². The monoisotopic (exact) mass is 502 g/mol. The van der Waals surface area contributed by atoms with E-state index in [2.05, 4.69) is 5.10 Å². The van der Waals surface area contributed by atoms with Crippen LogP contribution in [0.25, 0.3) is 11.1 Å². The first-order valence-electron chi connectivity index (χ1n) is 11.3. The van der Waals surface area contributed by atoms with Crippen molar-refractivity contribution in [3.05, 3.63) is 89.0 Å². The number of alkyl halides is 3. The van der Waals surface area contributed by atoms with Crippen LogP contribution in [0.15, 0.2) is 65.8 Å². The van der Waals surface area contributed by atoms with E-state index in [4.69, 9.17) is 0 Å². The van der Waals surface area contributed by atoms with Crippen LogP contribution in [0.1, 0.15) is 36.5 Å². The highest BCUT2D eigenvalue weighted by molar-refractivity contribution is 5.94. The molecule has 3 aromatic carbocycles. The Morgan fingerprint density at radius 2 is 1.69 bits per heavy atom. The van der Waals surface area contributed by atoms with Gasteiger partial charge in [-0.2, -0.15) is 18.3 Å². The maximum Gasteiger partial charge on any atom is 0.431 e. The van der Waals surface area contributed by atoms with Crippen molar-refractivity contribution < 1.29 is 31.9 Å². The van der Waals surface area contributed by atoms with E-state index in [1.807, 2.05) is 0 Å². The van der Waals surface area contributed by atoms with E-state index >= 15 is 0 Å². The number of carbonyl (C=O) groups is 1. The Labute approximate surface area is 204 Å². The SMILES string of the molecule is CC(=O)CC1CC(C(F)(F)F)=NN1c1ccc(Cc2ccc(-c3cc(CO)ccc3F)cc2F)cc1. The molecule has 4 rings (SSSR count). The molecule has 1 aliphatic heterocycles. The number of aliphatic hydroxyl groups excluding tert-OH is 1. The average molecular weight is 502 g/mol. The number of Topliss-reactive ketones (excluding diaryl/α,β-unsaturated/α-hetero) is 1. The van der Waals surface area contributed by atoms with Gasteiger partial charge in [0, 0.05) is 24.8 Å². The molecule has 0 bridgehead atoms. The number of carbonyl (C=O) groups excluding carboxylic acids is 1. The molecule has 0 spiro atoms. The largest absolute Gasteiger partial charge is 0.431 e. The van der Waals surface area contributed by atoms with Crippen LogP contribution in [0, 0.1) is 11.6 Å². The number of anilines is 1. The lowest BCUT2D eigenvalue weighted by Crippen LogP contribution is -2.29. The molecule has 0 fully saturated rings. The van der Waals surface area contributed by atoms with Crippen LogP contribution in [-0.4, -0.2) is 28.8 Å². The van der Waals surface area contributed by atoms with E-state index in [0.717, 1.165) is 0 Å². The Kier molecular flexibility index (Phi) is 7.21. The van der Waals surface area contributed by atoms with Crippen molar-refractivity contribution in [2.75, 3.05) is 5.01 Å². The second kappa shape index (κ2) is 10.2. The molecule has 4 nitrogen and oxygen atoms in total. The molecule has 1 N–H and O–H groups in total. The van der Waals surface area contributed by atoms with E-state index in [0.29, 0.717) is 27.9 Å². The number of nitrogens with zero attached hydrogens (tertiary/aromatic N) is 2. The van der Waals surface area contributed by atoms with Crippen LogP contribution in [0.2, 0.25) is 0 Å². The van der Waals surface area contributed by atoms with E-state index < -0.39 is 29.6 Å². The number of hydrogen-bond donors (Lipinski definition) is 1. The topological polar surface area (TPSA) is 52.9 Å². The first-order valence-corrected chi connectivity index (χ1v) is 11.3. The normalized spacial score (nSPS) is 15.8. The summed E-state index contributed by atoms with van der Waals surface area (Å²) in [5.41, 5.74) is 1.56. The predicted molar refractivity (Wildman–Crippen MR) is 127 cm³/mol. The predicted octanol–water partition coefficient (Wildman–Crippen LogP) is 6.19. The van der Waals surface area contributed by atoms with Crippen LogP contribution in [0.5, 0.6) is 0 Å². The zero-order valence-electron chi connectivity index (χ0n) is 19.3. The van der Waals surface area contributed by atoms with Gasteiger partial charge in [-0.15, -0.1) is 0 Å². The molecule has 188 valence electrons. The van der Waals surface area contributed by atoms with Crippen LogP contribution in [0.3, 0.4) is 0 Å². The van der Waals surface area contributed by atoms with Crippen LogP contribution < -0.4 is 5.01 Å². The summed E-state index contributed by atoms with van der Waals surface area (Å²) in [6, 6.07) is 14.3. The van der Waals surface area contributed by atoms with E-state index in [1.165, 1.54) is 36.2 Å². The summed E-state index contributed by atoms with van der Waals surface area (Å²) < 4.78 is 68.7. The Bertz CT molecular complexity index is 1300. The van der Waals surface area contributed by atoms with Gasteiger partial charge in [0.1, 0.15) is 23.1 Å². The summed E-state index contributed by atoms with van der Waals surface area (Å²) in [5, 5.41) is 14.2. The molecule has 3 aromatic rings. The van der Waals surface area contributed by atoms with Crippen molar-refractivity contribution >= 4 is 17.2 Å². The van der Waals surface area contributed by atoms with Gasteiger partial charge in [-0.3, -0.25) is 9.80 Å². The third-order valence-electron chi connectivity index (χ3n) is 6.03. The van der Waals surface area contributed by atoms with E-state index in [9.17, 15) is 31.9 Å². The molecule has 1 aliphatic rings. The Hall–Kier alpha value is -3.59. The highest BCUT2D eigenvalue weighted by Gasteiger charge is 2.43. The first-order chi connectivity index (χ1) is 17.0. The number of aliphatic hydroxyl groups is 1. The summed E-state index contributed by atoms with van der Waals surface area (Å²) in [4.78, 5) is 11.6. The average Bonchev–Trinajstić information content (AvgIpc) is 3.25. The quantitative estimate of drug-likeness (QED) is 0.392. The fourth-order valence-electron chi connectivity index (χ4n) is 4.23. The van der Waals surface area contributed by atoms with Crippen molar-refractivity contribution in [2.45, 2.75) is 45.0 Å². The zero-order valence-corrected chi connectivity index (χ0v) is 19.3. The van der Waals surface area contributed by atoms with Gasteiger partial charge in [0.2, 0.25) is 0 Å². The summed E-state index contributed by atoms with van der Waals surface area (Å²) in [6.45, 7) is 1.06. The smallest absolute Gasteiger partial charge is 0.392 e. The molecule has 36 heavy (non-hydrogen) atoms. The lowest BCUT2D eigenvalue weighted by Gasteiger charge is -2.23. The van der Waals surface area contributed by atoms with Gasteiger partial charge in [-0.05, 0) is 59.5 Å². The molecule has 0 amide bonds. The molecule has 1 heterocycles. The lowest BCUT2D eigenvalue weighted by molar-refractivity contribution is -0.117. The van der Waals surface area contributed by atoms with Gasteiger partial charge in [0.05, 0.1) is 18.3 Å². The number of ketones is 1. The highest BCUT2D eigenvalue weighted by atomic mass is 19.4. The van der Waals surface area contributed by atoms with Gasteiger partial charge in [-0.1, -0.05) is 30.3 Å². The van der Waals surface area contributed by atoms with E-state index in [-0.39, 0.29) is 37.2 Å². The molecule has 0 saturated carbocycles. The van der Waals surface area contributed by atoms with Crippen molar-refractivity contribution in [2.24, 2.45) is 5.10 Å². The molecular weight excluding hydrogens is 479 g/mol. The second-order valence-electron chi connectivity index (χ2n) is 8.77. The molecule has 1 atom stereocenters. The maximum atomic E-state index is 14.9. The summed E-state index contributed by atoms with van der Waals surface area (Å²) in [5.74, 6) is -1.30. The number of hydrogen-bond acceptors (Lipinski definition) is 4. The number of hydrazone groups is 1. The minimum absolute atomic E-state index is 0.0653. The number of rotatable bonds is 7. The summed E-state index contributed by atoms with van der Waals surface area (Å²) in [7, 11) is 0. The second-order valence-corrected chi connectivity index (χ2v) is 8.77. The Morgan fingerprint density at radius 3 is 2.31 bits per heavy atom. The fourth-order valence-corrected chi connectivity index (χ4v) is 4.23. The number of halogens is 5. The van der Waals surface area contributed by atoms with Crippen LogP contribution in [0.4, 0.5) is 27.6 Å². The lowest BCUT2D eigenvalue weighted by atomic mass is 9.98. The molecule has 0 radical (unpaired) electrons. The summed E-state index contributed by atoms with van der Waals surface area (Å²) in [6.07, 6.45) is -4.80. The Morgan fingerprint density at radius 1 is 1.00 bits per heavy atom. The van der Waals surface area contributed by atoms with Crippen LogP contribution >= 0.6 is 0 Å². The van der Waals surface area contributed by atoms with Crippen molar-refractivity contribution in [3.63, 3.8) is 0 Å². The molecule has 0 aliphatic carbocycles. The summed E-state index contributed by atoms with van der Waals surface area (Å²) >= 11 is 0. The standard InChI is InChI=1S/C27H23F5N2O2/c1-16(36)10-22-14-26(27(30,31)32)33-34(22)21-7-2-17(3-8-21)11-20-6-5-19(13-25(20)29)23-12-18(15-35)4-9-24(23)28/h2-9,12-13,22,35H,10-11,14-15H2,1H3. The van der Waals surface area contributed by atoms with E-state index in [1.54, 1.807) is 36.4 Å². The van der Waals surface area contributed by atoms with Crippen molar-refractivity contribution in [1.82, 2.24) is 0 Å².